The average molecular weight is 620 g/mol. The summed E-state index contributed by atoms with van der Waals surface area (Å²) in [4.78, 5) is 43.9. The van der Waals surface area contributed by atoms with Gasteiger partial charge in [0, 0.05) is 55.9 Å². The van der Waals surface area contributed by atoms with Gasteiger partial charge in [0.1, 0.15) is 29.8 Å². The van der Waals surface area contributed by atoms with Crippen molar-refractivity contribution in [1.29, 1.82) is 0 Å². The van der Waals surface area contributed by atoms with Crippen LogP contribution in [0.25, 0.3) is 16.9 Å². The highest BCUT2D eigenvalue weighted by molar-refractivity contribution is 8.00. The smallest absolute Gasteiger partial charge is 0.242 e. The van der Waals surface area contributed by atoms with Crippen LogP contribution in [-0.4, -0.2) is 75.8 Å². The summed E-state index contributed by atoms with van der Waals surface area (Å²) in [6, 6.07) is 18.0. The summed E-state index contributed by atoms with van der Waals surface area (Å²) in [5.41, 5.74) is 2.17. The first-order valence-corrected chi connectivity index (χ1v) is 15.1. The molecule has 0 saturated carbocycles. The monoisotopic (exact) mass is 619 g/mol. The molecule has 0 aliphatic carbocycles. The molecule has 3 amide bonds. The van der Waals surface area contributed by atoms with E-state index in [4.69, 9.17) is 5.10 Å². The second-order valence-corrected chi connectivity index (χ2v) is 11.7. The fourth-order valence-corrected chi connectivity index (χ4v) is 6.78. The van der Waals surface area contributed by atoms with E-state index in [0.29, 0.717) is 48.7 Å². The Labute approximate surface area is 256 Å². The number of amides is 3. The minimum absolute atomic E-state index is 0.0721. The van der Waals surface area contributed by atoms with Crippen molar-refractivity contribution in [1.82, 2.24) is 19.6 Å². The van der Waals surface area contributed by atoms with Gasteiger partial charge in [-0.15, -0.1) is 11.8 Å². The molecule has 226 valence electrons. The maximum absolute atomic E-state index is 15.4. The third kappa shape index (κ3) is 5.69. The Hall–Kier alpha value is -4.58. The lowest BCUT2D eigenvalue weighted by Crippen LogP contribution is -2.53. The zero-order valence-electron chi connectivity index (χ0n) is 23.8. The van der Waals surface area contributed by atoms with Gasteiger partial charge in [-0.3, -0.25) is 19.3 Å². The summed E-state index contributed by atoms with van der Waals surface area (Å²) in [6.07, 6.45) is 0. The average Bonchev–Trinajstić information content (AvgIpc) is 3.35. The normalized spacial score (nSPS) is 17.0. The molecule has 1 aromatic heterocycles. The van der Waals surface area contributed by atoms with Crippen LogP contribution < -0.4 is 4.90 Å². The lowest BCUT2D eigenvalue weighted by Gasteiger charge is -2.35. The number of piperazine rings is 1. The van der Waals surface area contributed by atoms with E-state index in [0.717, 1.165) is 17.8 Å². The molecular weight excluding hydrogens is 591 g/mol. The standard InChI is InChI=1S/C32H28F3N5O3S/c1-20(41)37-13-15-38(16-14-37)27(42)18-39-28(43)19-44-31(25-12-9-23(34)17-26(25)35)29-30(21-5-3-2-4-6-21)36-40(32(29)39)24-10-7-22(33)8-11-24/h2-12,17,31H,13-16,18-19H2,1H3/t31-/m0/s1. The van der Waals surface area contributed by atoms with Gasteiger partial charge in [0.15, 0.2) is 0 Å². The number of nitrogens with zero attached hydrogens (tertiary/aromatic N) is 5. The van der Waals surface area contributed by atoms with Crippen LogP contribution in [0.5, 0.6) is 0 Å². The highest BCUT2D eigenvalue weighted by atomic mass is 32.2. The molecule has 0 unspecified atom stereocenters. The van der Waals surface area contributed by atoms with Crippen LogP contribution in [0.3, 0.4) is 0 Å². The number of aromatic nitrogens is 2. The van der Waals surface area contributed by atoms with Gasteiger partial charge < -0.3 is 9.80 Å². The van der Waals surface area contributed by atoms with Crippen LogP contribution in [0.15, 0.2) is 72.8 Å². The van der Waals surface area contributed by atoms with Gasteiger partial charge >= 0.3 is 0 Å². The second-order valence-electron chi connectivity index (χ2n) is 10.6. The number of anilines is 1. The van der Waals surface area contributed by atoms with Crippen LogP contribution >= 0.6 is 11.8 Å². The molecule has 0 N–H and O–H groups in total. The molecule has 1 saturated heterocycles. The van der Waals surface area contributed by atoms with E-state index < -0.39 is 28.6 Å². The van der Waals surface area contributed by atoms with E-state index >= 15 is 4.39 Å². The summed E-state index contributed by atoms with van der Waals surface area (Å²) in [5, 5.41) is 4.09. The van der Waals surface area contributed by atoms with Crippen LogP contribution in [0.1, 0.15) is 23.3 Å². The summed E-state index contributed by atoms with van der Waals surface area (Å²) in [6.45, 7) is 2.55. The fraction of sp³-hybridized carbons (Fsp3) is 0.250. The first kappa shape index (κ1) is 29.5. The van der Waals surface area contributed by atoms with Crippen molar-refractivity contribution in [3.05, 3.63) is 101 Å². The van der Waals surface area contributed by atoms with Crippen molar-refractivity contribution in [3.8, 4) is 16.9 Å². The third-order valence-corrected chi connectivity index (χ3v) is 9.06. The van der Waals surface area contributed by atoms with Crippen molar-refractivity contribution < 1.29 is 27.6 Å². The number of fused-ring (bicyclic) bond motifs is 1. The van der Waals surface area contributed by atoms with Gasteiger partial charge in [0.05, 0.1) is 22.4 Å². The molecule has 3 aromatic carbocycles. The van der Waals surface area contributed by atoms with E-state index in [1.54, 1.807) is 9.80 Å². The van der Waals surface area contributed by atoms with Crippen molar-refractivity contribution in [3.63, 3.8) is 0 Å². The third-order valence-electron chi connectivity index (χ3n) is 7.82. The molecule has 0 spiro atoms. The molecule has 8 nitrogen and oxygen atoms in total. The second kappa shape index (κ2) is 12.2. The molecule has 4 aromatic rings. The zero-order valence-corrected chi connectivity index (χ0v) is 24.6. The van der Waals surface area contributed by atoms with Crippen LogP contribution in [0.4, 0.5) is 19.0 Å². The molecular formula is C32H28F3N5O3S. The molecule has 3 heterocycles. The number of hydrogen-bond donors (Lipinski definition) is 0. The number of benzene rings is 3. The predicted octanol–water partition coefficient (Wildman–Crippen LogP) is 4.82. The topological polar surface area (TPSA) is 78.8 Å². The summed E-state index contributed by atoms with van der Waals surface area (Å²) in [7, 11) is 0. The van der Waals surface area contributed by atoms with E-state index in [9.17, 15) is 23.2 Å². The summed E-state index contributed by atoms with van der Waals surface area (Å²) in [5.74, 6) is -2.63. The van der Waals surface area contributed by atoms with Gasteiger partial charge in [0.2, 0.25) is 17.7 Å². The molecule has 12 heteroatoms. The Balaban J connectivity index is 1.52. The van der Waals surface area contributed by atoms with Crippen LogP contribution in [0.2, 0.25) is 0 Å². The molecule has 2 aliphatic rings. The number of carbonyl (C=O) groups excluding carboxylic acids is 3. The van der Waals surface area contributed by atoms with E-state index in [-0.39, 0.29) is 35.5 Å². The number of rotatable bonds is 5. The van der Waals surface area contributed by atoms with Crippen molar-refractivity contribution in [2.75, 3.05) is 43.4 Å². The SMILES string of the molecule is CC(=O)N1CCN(C(=O)CN2C(=O)CS[C@@H](c3ccc(F)cc3F)c3c(-c4ccccc4)nn(-c4ccc(F)cc4)c32)CC1. The van der Waals surface area contributed by atoms with E-state index in [1.165, 1.54) is 52.9 Å². The minimum Gasteiger partial charge on any atom is -0.339 e. The lowest BCUT2D eigenvalue weighted by molar-refractivity contribution is -0.137. The first-order valence-electron chi connectivity index (χ1n) is 14.1. The Morgan fingerprint density at radius 1 is 0.886 bits per heavy atom. The van der Waals surface area contributed by atoms with Gasteiger partial charge in [-0.2, -0.15) is 5.10 Å². The van der Waals surface area contributed by atoms with E-state index in [2.05, 4.69) is 0 Å². The van der Waals surface area contributed by atoms with Gasteiger partial charge in [-0.1, -0.05) is 36.4 Å². The highest BCUT2D eigenvalue weighted by Crippen LogP contribution is 2.49. The molecule has 2 aliphatic heterocycles. The quantitative estimate of drug-likeness (QED) is 0.320. The maximum atomic E-state index is 15.4. The zero-order chi connectivity index (χ0) is 31.0. The van der Waals surface area contributed by atoms with Crippen molar-refractivity contribution in [2.24, 2.45) is 0 Å². The molecule has 0 radical (unpaired) electrons. The van der Waals surface area contributed by atoms with Gasteiger partial charge in [0.25, 0.3) is 0 Å². The molecule has 44 heavy (non-hydrogen) atoms. The summed E-state index contributed by atoms with van der Waals surface area (Å²) < 4.78 is 44.9. The molecule has 6 rings (SSSR count). The molecule has 0 bridgehead atoms. The van der Waals surface area contributed by atoms with E-state index in [1.807, 2.05) is 30.3 Å². The fourth-order valence-electron chi connectivity index (χ4n) is 5.56. The van der Waals surface area contributed by atoms with Crippen LogP contribution in [0, 0.1) is 17.5 Å². The number of thioether (sulfide) groups is 1. The largest absolute Gasteiger partial charge is 0.339 e. The maximum Gasteiger partial charge on any atom is 0.242 e. The van der Waals surface area contributed by atoms with Crippen molar-refractivity contribution >= 4 is 35.3 Å². The van der Waals surface area contributed by atoms with Gasteiger partial charge in [-0.05, 0) is 30.3 Å². The summed E-state index contributed by atoms with van der Waals surface area (Å²) >= 11 is 1.16. The van der Waals surface area contributed by atoms with Gasteiger partial charge in [-0.25, -0.2) is 17.9 Å². The number of halogens is 3. The molecule has 1 atom stereocenters. The number of carbonyl (C=O) groups is 3. The molecule has 1 fully saturated rings. The Kier molecular flexibility index (Phi) is 8.17. The minimum atomic E-state index is -0.793. The Morgan fingerprint density at radius 3 is 2.20 bits per heavy atom. The predicted molar refractivity (Wildman–Crippen MR) is 161 cm³/mol. The lowest BCUT2D eigenvalue weighted by atomic mass is 9.99. The Bertz CT molecular complexity index is 1720. The first-order chi connectivity index (χ1) is 21.2. The van der Waals surface area contributed by atoms with Crippen molar-refractivity contribution in [2.45, 2.75) is 12.2 Å². The number of hydrogen-bond acceptors (Lipinski definition) is 5. The highest BCUT2D eigenvalue weighted by Gasteiger charge is 2.39. The van der Waals surface area contributed by atoms with Crippen LogP contribution in [-0.2, 0) is 14.4 Å². The Morgan fingerprint density at radius 2 is 1.55 bits per heavy atom.